The lowest BCUT2D eigenvalue weighted by Crippen LogP contribution is -3.15. The lowest BCUT2D eigenvalue weighted by Gasteiger charge is -2.30. The number of quaternary nitrogens is 1. The van der Waals surface area contributed by atoms with Gasteiger partial charge in [-0.2, -0.15) is 4.31 Å². The van der Waals surface area contributed by atoms with Gasteiger partial charge in [-0.3, -0.25) is 10.1 Å². The van der Waals surface area contributed by atoms with Gasteiger partial charge < -0.3 is 10.2 Å². The van der Waals surface area contributed by atoms with Gasteiger partial charge in [0.2, 0.25) is 0 Å². The molecule has 2 heterocycles. The Morgan fingerprint density at radius 3 is 2.54 bits per heavy atom. The number of nitrogens with one attached hydrogen (secondary N) is 3. The normalized spacial score (nSPS) is 16.8. The van der Waals surface area contributed by atoms with E-state index in [9.17, 15) is 18.0 Å². The minimum atomic E-state index is -3.53. The summed E-state index contributed by atoms with van der Waals surface area (Å²) in [5.74, 6) is -0.378. The molecule has 1 aliphatic heterocycles. The van der Waals surface area contributed by atoms with Crippen LogP contribution in [0.4, 0.5) is 4.79 Å². The summed E-state index contributed by atoms with van der Waals surface area (Å²) in [6.45, 7) is 3.98. The third kappa shape index (κ3) is 4.90. The molecule has 0 spiro atoms. The standard InChI is InChI=1S/C13H19ClN4O4S2/c1-2-15-13(20)16-11(19)9-17-5-7-18(8-6-17)24(21,22)12-4-3-10(14)23-12/h3-4H,2,5-9H2,1H3,(H2,15,16,19,20)/p+1. The zero-order chi connectivity index (χ0) is 17.7. The van der Waals surface area contributed by atoms with Crippen LogP contribution in [0, 0.1) is 0 Å². The van der Waals surface area contributed by atoms with Crippen LogP contribution < -0.4 is 15.5 Å². The van der Waals surface area contributed by atoms with Gasteiger partial charge in [-0.15, -0.1) is 11.3 Å². The van der Waals surface area contributed by atoms with Crippen molar-refractivity contribution in [3.8, 4) is 0 Å². The summed E-state index contributed by atoms with van der Waals surface area (Å²) in [5.41, 5.74) is 0. The number of thiophene rings is 1. The van der Waals surface area contributed by atoms with E-state index in [4.69, 9.17) is 11.6 Å². The number of halogens is 1. The van der Waals surface area contributed by atoms with E-state index in [2.05, 4.69) is 10.6 Å². The van der Waals surface area contributed by atoms with Crippen LogP contribution in [0.1, 0.15) is 6.92 Å². The molecular formula is C13H20ClN4O4S2+. The van der Waals surface area contributed by atoms with Crippen LogP contribution in [-0.2, 0) is 14.8 Å². The third-order valence-corrected chi connectivity index (χ3v) is 7.17. The Labute approximate surface area is 149 Å². The van der Waals surface area contributed by atoms with Gasteiger partial charge in [0.05, 0.1) is 30.5 Å². The van der Waals surface area contributed by atoms with E-state index in [1.807, 2.05) is 0 Å². The highest BCUT2D eigenvalue weighted by Gasteiger charge is 2.32. The summed E-state index contributed by atoms with van der Waals surface area (Å²) in [5, 5.41) is 4.73. The average Bonchev–Trinajstić information content (AvgIpc) is 2.95. The van der Waals surface area contributed by atoms with E-state index in [0.717, 1.165) is 16.2 Å². The van der Waals surface area contributed by atoms with Crippen LogP contribution in [0.2, 0.25) is 4.34 Å². The molecule has 2 rings (SSSR count). The summed E-state index contributed by atoms with van der Waals surface area (Å²) in [7, 11) is -3.53. The number of piperazine rings is 1. The summed E-state index contributed by atoms with van der Waals surface area (Å²) in [4.78, 5) is 24.0. The maximum absolute atomic E-state index is 12.5. The van der Waals surface area contributed by atoms with Crippen LogP contribution in [0.25, 0.3) is 0 Å². The number of imide groups is 1. The van der Waals surface area contributed by atoms with E-state index >= 15 is 0 Å². The number of sulfonamides is 1. The first kappa shape index (κ1) is 19.1. The number of hydrogen-bond acceptors (Lipinski definition) is 5. The van der Waals surface area contributed by atoms with Crippen molar-refractivity contribution in [3.05, 3.63) is 16.5 Å². The van der Waals surface area contributed by atoms with Gasteiger partial charge in [-0.05, 0) is 19.1 Å². The van der Waals surface area contributed by atoms with Crippen LogP contribution in [0.3, 0.4) is 0 Å². The highest BCUT2D eigenvalue weighted by Crippen LogP contribution is 2.27. The molecule has 24 heavy (non-hydrogen) atoms. The second-order valence-electron chi connectivity index (χ2n) is 5.30. The molecule has 0 aliphatic carbocycles. The van der Waals surface area contributed by atoms with Gasteiger partial charge in [0.15, 0.2) is 6.54 Å². The van der Waals surface area contributed by atoms with Crippen molar-refractivity contribution >= 4 is 44.9 Å². The van der Waals surface area contributed by atoms with Gasteiger partial charge in [0.25, 0.3) is 15.9 Å². The minimum Gasteiger partial charge on any atom is -0.338 e. The molecule has 1 aromatic heterocycles. The summed E-state index contributed by atoms with van der Waals surface area (Å²) in [6.07, 6.45) is 0. The topological polar surface area (TPSA) is 100 Å². The Morgan fingerprint density at radius 1 is 1.33 bits per heavy atom. The maximum atomic E-state index is 12.5. The second kappa shape index (κ2) is 8.26. The van der Waals surface area contributed by atoms with Crippen molar-refractivity contribution in [2.75, 3.05) is 39.3 Å². The van der Waals surface area contributed by atoms with Gasteiger partial charge in [0.1, 0.15) is 4.21 Å². The molecule has 0 unspecified atom stereocenters. The number of urea groups is 1. The van der Waals surface area contributed by atoms with Crippen molar-refractivity contribution in [1.29, 1.82) is 0 Å². The minimum absolute atomic E-state index is 0.135. The molecule has 0 saturated carbocycles. The number of carbonyl (C=O) groups is 2. The fraction of sp³-hybridized carbons (Fsp3) is 0.538. The van der Waals surface area contributed by atoms with Gasteiger partial charge >= 0.3 is 6.03 Å². The van der Waals surface area contributed by atoms with Crippen molar-refractivity contribution in [2.24, 2.45) is 0 Å². The molecule has 1 aliphatic rings. The van der Waals surface area contributed by atoms with Crippen LogP contribution in [0.5, 0.6) is 0 Å². The van der Waals surface area contributed by atoms with E-state index < -0.39 is 16.1 Å². The fourth-order valence-corrected chi connectivity index (χ4v) is 5.46. The zero-order valence-electron chi connectivity index (χ0n) is 13.2. The molecule has 0 atom stereocenters. The summed E-state index contributed by atoms with van der Waals surface area (Å²) < 4.78 is 27.0. The summed E-state index contributed by atoms with van der Waals surface area (Å²) in [6, 6.07) is 2.55. The van der Waals surface area contributed by atoms with E-state index in [0.29, 0.717) is 37.1 Å². The van der Waals surface area contributed by atoms with Crippen molar-refractivity contribution in [3.63, 3.8) is 0 Å². The van der Waals surface area contributed by atoms with E-state index in [-0.39, 0.29) is 16.7 Å². The molecule has 3 N–H and O–H groups in total. The monoisotopic (exact) mass is 395 g/mol. The Kier molecular flexibility index (Phi) is 6.58. The van der Waals surface area contributed by atoms with E-state index in [1.165, 1.54) is 10.4 Å². The summed E-state index contributed by atoms with van der Waals surface area (Å²) >= 11 is 6.84. The predicted molar refractivity (Wildman–Crippen MR) is 90.9 cm³/mol. The molecule has 1 saturated heterocycles. The largest absolute Gasteiger partial charge is 0.338 e. The maximum Gasteiger partial charge on any atom is 0.321 e. The van der Waals surface area contributed by atoms with Crippen LogP contribution >= 0.6 is 22.9 Å². The Balaban J connectivity index is 1.85. The molecule has 1 fully saturated rings. The third-order valence-electron chi connectivity index (χ3n) is 3.57. The molecule has 134 valence electrons. The molecular weight excluding hydrogens is 376 g/mol. The molecule has 8 nitrogen and oxygen atoms in total. The van der Waals surface area contributed by atoms with Gasteiger partial charge in [-0.25, -0.2) is 13.2 Å². The molecule has 1 aromatic rings. The number of amides is 3. The average molecular weight is 396 g/mol. The Bertz CT molecular complexity index is 699. The van der Waals surface area contributed by atoms with Crippen LogP contribution in [-0.4, -0.2) is 63.9 Å². The molecule has 0 radical (unpaired) electrons. The van der Waals surface area contributed by atoms with Gasteiger partial charge in [-0.1, -0.05) is 11.6 Å². The van der Waals surface area contributed by atoms with Crippen molar-refractivity contribution < 1.29 is 22.9 Å². The molecule has 0 aromatic carbocycles. The molecule has 11 heteroatoms. The fourth-order valence-electron chi connectivity index (χ4n) is 2.39. The first-order valence-corrected chi connectivity index (χ1v) is 10.1. The first-order valence-electron chi connectivity index (χ1n) is 7.49. The number of hydrogen-bond donors (Lipinski definition) is 3. The van der Waals surface area contributed by atoms with Crippen molar-refractivity contribution in [1.82, 2.24) is 14.9 Å². The van der Waals surface area contributed by atoms with Crippen molar-refractivity contribution in [2.45, 2.75) is 11.1 Å². The quantitative estimate of drug-likeness (QED) is 0.603. The lowest BCUT2D eigenvalue weighted by atomic mass is 10.3. The SMILES string of the molecule is CCNC(=O)NC(=O)C[NH+]1CCN(S(=O)(=O)c2ccc(Cl)s2)CC1. The smallest absolute Gasteiger partial charge is 0.321 e. The number of carbonyl (C=O) groups excluding carboxylic acids is 2. The van der Waals surface area contributed by atoms with Gasteiger partial charge in [0, 0.05) is 6.54 Å². The predicted octanol–water partition coefficient (Wildman–Crippen LogP) is -0.864. The number of nitrogens with zero attached hydrogens (tertiary/aromatic N) is 1. The van der Waals surface area contributed by atoms with E-state index in [1.54, 1.807) is 13.0 Å². The highest BCUT2D eigenvalue weighted by molar-refractivity contribution is 7.91. The lowest BCUT2D eigenvalue weighted by molar-refractivity contribution is -0.895. The van der Waals surface area contributed by atoms with Crippen LogP contribution in [0.15, 0.2) is 16.3 Å². The zero-order valence-corrected chi connectivity index (χ0v) is 15.6. The number of rotatable bonds is 5. The Hall–Kier alpha value is -1.20. The molecule has 3 amide bonds. The molecule has 0 bridgehead atoms. The first-order chi connectivity index (χ1) is 11.3. The Morgan fingerprint density at radius 2 is 2.00 bits per heavy atom. The second-order valence-corrected chi connectivity index (χ2v) is 9.18. The highest BCUT2D eigenvalue weighted by atomic mass is 35.5.